The molecule has 0 bridgehead atoms. The van der Waals surface area contributed by atoms with Crippen molar-refractivity contribution < 1.29 is 0 Å². The van der Waals surface area contributed by atoms with Crippen molar-refractivity contribution in [3.63, 3.8) is 0 Å². The minimum absolute atomic E-state index is 0.411. The van der Waals surface area contributed by atoms with Crippen LogP contribution in [0.3, 0.4) is 0 Å². The van der Waals surface area contributed by atoms with E-state index < -0.39 is 0 Å². The third-order valence-electron chi connectivity index (χ3n) is 3.14. The highest BCUT2D eigenvalue weighted by atomic mass is 35.5. The van der Waals surface area contributed by atoms with Crippen molar-refractivity contribution in [1.82, 2.24) is 9.97 Å². The lowest BCUT2D eigenvalue weighted by Gasteiger charge is -2.22. The van der Waals surface area contributed by atoms with Crippen molar-refractivity contribution in [3.05, 3.63) is 52.4 Å². The third kappa shape index (κ3) is 3.46. The molecule has 5 heteroatoms. The van der Waals surface area contributed by atoms with Crippen LogP contribution in [-0.4, -0.2) is 16.5 Å². The lowest BCUT2D eigenvalue weighted by molar-refractivity contribution is 0.789. The van der Waals surface area contributed by atoms with E-state index in [2.05, 4.69) is 21.8 Å². The van der Waals surface area contributed by atoms with Gasteiger partial charge in [0, 0.05) is 25.0 Å². The van der Waals surface area contributed by atoms with Gasteiger partial charge in [-0.05, 0) is 37.6 Å². The summed E-state index contributed by atoms with van der Waals surface area (Å²) in [5.41, 5.74) is 8.64. The van der Waals surface area contributed by atoms with Gasteiger partial charge in [-0.2, -0.15) is 0 Å². The number of hydrogen-bond acceptors (Lipinski definition) is 4. The molecule has 2 N–H and O–H groups in total. The lowest BCUT2D eigenvalue weighted by atomic mass is 10.2. The molecular weight excluding hydrogens is 272 g/mol. The van der Waals surface area contributed by atoms with E-state index in [1.54, 1.807) is 6.20 Å². The Morgan fingerprint density at radius 3 is 2.80 bits per heavy atom. The molecule has 2 aromatic rings. The van der Waals surface area contributed by atoms with E-state index in [1.807, 2.05) is 31.2 Å². The molecule has 0 aliphatic rings. The predicted molar refractivity (Wildman–Crippen MR) is 82.8 cm³/mol. The van der Waals surface area contributed by atoms with E-state index in [1.165, 1.54) is 0 Å². The number of rotatable bonds is 5. The van der Waals surface area contributed by atoms with Crippen LogP contribution in [0, 0.1) is 6.92 Å². The minimum atomic E-state index is 0.411. The van der Waals surface area contributed by atoms with Crippen molar-refractivity contribution in [1.29, 1.82) is 0 Å². The molecule has 0 aromatic carbocycles. The largest absolute Gasteiger partial charge is 0.351 e. The van der Waals surface area contributed by atoms with Crippen LogP contribution in [0.1, 0.15) is 23.9 Å². The Hall–Kier alpha value is -1.65. The van der Waals surface area contributed by atoms with E-state index in [0.29, 0.717) is 11.6 Å². The number of anilines is 1. The summed E-state index contributed by atoms with van der Waals surface area (Å²) in [6.07, 6.45) is 1.66. The highest BCUT2D eigenvalue weighted by Crippen LogP contribution is 2.21. The highest BCUT2D eigenvalue weighted by molar-refractivity contribution is 6.31. The first kappa shape index (κ1) is 14.8. The van der Waals surface area contributed by atoms with Gasteiger partial charge in [0.1, 0.15) is 5.82 Å². The Balaban J connectivity index is 2.24. The van der Waals surface area contributed by atoms with Crippen LogP contribution in [0.25, 0.3) is 0 Å². The molecule has 0 amide bonds. The van der Waals surface area contributed by atoms with Gasteiger partial charge in [-0.1, -0.05) is 17.7 Å². The normalized spacial score (nSPS) is 10.6. The molecule has 2 rings (SSSR count). The summed E-state index contributed by atoms with van der Waals surface area (Å²) in [7, 11) is 0. The number of aryl methyl sites for hydroxylation is 1. The van der Waals surface area contributed by atoms with Gasteiger partial charge >= 0.3 is 0 Å². The van der Waals surface area contributed by atoms with E-state index in [-0.39, 0.29) is 0 Å². The topological polar surface area (TPSA) is 55.0 Å². The van der Waals surface area contributed by atoms with Crippen LogP contribution < -0.4 is 10.6 Å². The first-order chi connectivity index (χ1) is 9.63. The Morgan fingerprint density at radius 2 is 2.15 bits per heavy atom. The first-order valence-corrected chi connectivity index (χ1v) is 7.03. The summed E-state index contributed by atoms with van der Waals surface area (Å²) in [5, 5.41) is 0.612. The summed E-state index contributed by atoms with van der Waals surface area (Å²) in [5.74, 6) is 0.876. The van der Waals surface area contributed by atoms with Gasteiger partial charge < -0.3 is 10.6 Å². The van der Waals surface area contributed by atoms with Gasteiger partial charge in [-0.15, -0.1) is 0 Å². The molecule has 0 fully saturated rings. The van der Waals surface area contributed by atoms with Gasteiger partial charge in [0.2, 0.25) is 0 Å². The fourth-order valence-corrected chi connectivity index (χ4v) is 2.22. The molecule has 0 radical (unpaired) electrons. The van der Waals surface area contributed by atoms with Crippen LogP contribution >= 0.6 is 11.6 Å². The standard InChI is InChI=1S/C15H19ClN4/c1-3-20(10-13-6-4-5-11(2)19-13)15-7-12(8-17)14(16)9-18-15/h4-7,9H,3,8,10,17H2,1-2H3. The van der Waals surface area contributed by atoms with Gasteiger partial charge in [0.05, 0.1) is 17.3 Å². The highest BCUT2D eigenvalue weighted by Gasteiger charge is 2.10. The van der Waals surface area contributed by atoms with Crippen LogP contribution in [0.2, 0.25) is 5.02 Å². The van der Waals surface area contributed by atoms with Gasteiger partial charge in [0.25, 0.3) is 0 Å². The monoisotopic (exact) mass is 290 g/mol. The maximum absolute atomic E-state index is 6.05. The molecular formula is C15H19ClN4. The Labute approximate surface area is 124 Å². The SMILES string of the molecule is CCN(Cc1cccc(C)n1)c1cc(CN)c(Cl)cn1. The van der Waals surface area contributed by atoms with Crippen molar-refractivity contribution in [2.45, 2.75) is 26.9 Å². The molecule has 2 aromatic heterocycles. The Kier molecular flexibility index (Phi) is 4.93. The molecule has 0 aliphatic carbocycles. The average molecular weight is 291 g/mol. The molecule has 0 aliphatic heterocycles. The summed E-state index contributed by atoms with van der Waals surface area (Å²) < 4.78 is 0. The van der Waals surface area contributed by atoms with Crippen LogP contribution in [0.5, 0.6) is 0 Å². The molecule has 4 nitrogen and oxygen atoms in total. The first-order valence-electron chi connectivity index (χ1n) is 6.66. The summed E-state index contributed by atoms with van der Waals surface area (Å²) >= 11 is 6.05. The second-order valence-corrected chi connectivity index (χ2v) is 5.03. The zero-order valence-electron chi connectivity index (χ0n) is 11.8. The predicted octanol–water partition coefficient (Wildman–Crippen LogP) is 2.92. The fourth-order valence-electron chi connectivity index (χ4n) is 2.04. The summed E-state index contributed by atoms with van der Waals surface area (Å²) in [4.78, 5) is 11.1. The molecule has 0 unspecified atom stereocenters. The van der Waals surface area contributed by atoms with E-state index in [4.69, 9.17) is 17.3 Å². The van der Waals surface area contributed by atoms with Crippen molar-refractivity contribution in [2.75, 3.05) is 11.4 Å². The summed E-state index contributed by atoms with van der Waals surface area (Å²) in [6, 6.07) is 7.98. The maximum atomic E-state index is 6.05. The van der Waals surface area contributed by atoms with Gasteiger partial charge in [-0.25, -0.2) is 4.98 Å². The van der Waals surface area contributed by atoms with E-state index >= 15 is 0 Å². The minimum Gasteiger partial charge on any atom is -0.351 e. The van der Waals surface area contributed by atoms with E-state index in [0.717, 1.165) is 35.9 Å². The molecule has 0 saturated heterocycles. The van der Waals surface area contributed by atoms with Crippen molar-refractivity contribution in [3.8, 4) is 0 Å². The van der Waals surface area contributed by atoms with Gasteiger partial charge in [-0.3, -0.25) is 4.98 Å². The number of nitrogens with two attached hydrogens (primary N) is 1. The number of pyridine rings is 2. The zero-order valence-corrected chi connectivity index (χ0v) is 12.6. The number of halogens is 1. The number of hydrogen-bond donors (Lipinski definition) is 1. The summed E-state index contributed by atoms with van der Waals surface area (Å²) in [6.45, 7) is 6.06. The third-order valence-corrected chi connectivity index (χ3v) is 3.49. The Morgan fingerprint density at radius 1 is 1.35 bits per heavy atom. The average Bonchev–Trinajstić information content (AvgIpc) is 2.45. The quantitative estimate of drug-likeness (QED) is 0.920. The van der Waals surface area contributed by atoms with Crippen LogP contribution in [-0.2, 0) is 13.1 Å². The second-order valence-electron chi connectivity index (χ2n) is 4.62. The van der Waals surface area contributed by atoms with E-state index in [9.17, 15) is 0 Å². The van der Waals surface area contributed by atoms with Crippen molar-refractivity contribution >= 4 is 17.4 Å². The smallest absolute Gasteiger partial charge is 0.129 e. The second kappa shape index (κ2) is 6.68. The van der Waals surface area contributed by atoms with Gasteiger partial charge in [0.15, 0.2) is 0 Å². The molecule has 0 saturated carbocycles. The lowest BCUT2D eigenvalue weighted by Crippen LogP contribution is -2.24. The Bertz CT molecular complexity index is 586. The maximum Gasteiger partial charge on any atom is 0.129 e. The number of nitrogens with zero attached hydrogens (tertiary/aromatic N) is 3. The van der Waals surface area contributed by atoms with Crippen LogP contribution in [0.15, 0.2) is 30.5 Å². The molecule has 2 heterocycles. The van der Waals surface area contributed by atoms with Crippen molar-refractivity contribution in [2.24, 2.45) is 5.73 Å². The fraction of sp³-hybridized carbons (Fsp3) is 0.333. The molecule has 0 atom stereocenters. The molecule has 20 heavy (non-hydrogen) atoms. The number of aromatic nitrogens is 2. The zero-order chi connectivity index (χ0) is 14.5. The van der Waals surface area contributed by atoms with Crippen LogP contribution in [0.4, 0.5) is 5.82 Å². The molecule has 0 spiro atoms. The molecule has 106 valence electrons.